The molecule has 1 amide bonds. The van der Waals surface area contributed by atoms with Gasteiger partial charge in [0.1, 0.15) is 11.9 Å². The summed E-state index contributed by atoms with van der Waals surface area (Å²) in [6.07, 6.45) is 7.58. The van der Waals surface area contributed by atoms with Gasteiger partial charge in [-0.2, -0.15) is 5.26 Å². The number of carbonyl (C=O) groups excluding carboxylic acids is 1. The Kier molecular flexibility index (Phi) is 7.14. The van der Waals surface area contributed by atoms with E-state index in [9.17, 15) is 4.79 Å². The number of pyridine rings is 1. The van der Waals surface area contributed by atoms with Crippen LogP contribution in [-0.2, 0) is 4.79 Å². The summed E-state index contributed by atoms with van der Waals surface area (Å²) in [5.41, 5.74) is 0.608. The van der Waals surface area contributed by atoms with Crippen molar-refractivity contribution in [1.82, 2.24) is 14.8 Å². The number of rotatable bonds is 7. The molecule has 1 aliphatic rings. The largest absolute Gasteiger partial charge is 0.444 e. The molecular formula is C21H28BrN5O2. The van der Waals surface area contributed by atoms with Crippen molar-refractivity contribution in [2.75, 3.05) is 33.0 Å². The van der Waals surface area contributed by atoms with E-state index in [-0.39, 0.29) is 11.7 Å². The van der Waals surface area contributed by atoms with E-state index in [1.54, 1.807) is 31.3 Å². The minimum absolute atomic E-state index is 0.195. The number of nitriles is 1. The van der Waals surface area contributed by atoms with Gasteiger partial charge in [-0.15, -0.1) is 0 Å². The van der Waals surface area contributed by atoms with Crippen LogP contribution in [0.1, 0.15) is 44.3 Å². The SMILES string of the molecule is CN(C)C(=O)CCCN(C)C1CCC(Nc2ncc3oc(C#N)cc3c2Br)CC1. The summed E-state index contributed by atoms with van der Waals surface area (Å²) in [6, 6.07) is 4.70. The summed E-state index contributed by atoms with van der Waals surface area (Å²) < 4.78 is 6.27. The number of anilines is 1. The van der Waals surface area contributed by atoms with Gasteiger partial charge in [0.25, 0.3) is 0 Å². The maximum Gasteiger partial charge on any atom is 0.222 e. The molecule has 2 aromatic heterocycles. The van der Waals surface area contributed by atoms with Crippen molar-refractivity contribution >= 4 is 38.6 Å². The fourth-order valence-corrected chi connectivity index (χ4v) is 4.40. The molecule has 0 aliphatic heterocycles. The maximum absolute atomic E-state index is 11.7. The molecule has 3 rings (SSSR count). The normalized spacial score (nSPS) is 19.3. The standard InChI is InChI=1S/C21H28BrN5O2/c1-26(2)19(28)5-4-10-27(3)15-8-6-14(7-9-15)25-21-20(22)17-11-16(12-23)29-18(17)13-24-21/h11,13-15H,4-10H2,1-3H3,(H,24,25). The first kappa shape index (κ1) is 21.6. The van der Waals surface area contributed by atoms with E-state index in [4.69, 9.17) is 9.68 Å². The zero-order chi connectivity index (χ0) is 21.0. The van der Waals surface area contributed by atoms with Gasteiger partial charge in [-0.25, -0.2) is 4.98 Å². The lowest BCUT2D eigenvalue weighted by Crippen LogP contribution is -2.39. The molecule has 0 bridgehead atoms. The topological polar surface area (TPSA) is 85.4 Å². The number of amides is 1. The van der Waals surface area contributed by atoms with Crippen molar-refractivity contribution in [3.8, 4) is 6.07 Å². The lowest BCUT2D eigenvalue weighted by molar-refractivity contribution is -0.128. The maximum atomic E-state index is 11.7. The molecule has 1 fully saturated rings. The molecule has 8 heteroatoms. The Morgan fingerprint density at radius 1 is 1.34 bits per heavy atom. The summed E-state index contributed by atoms with van der Waals surface area (Å²) in [4.78, 5) is 20.2. The molecule has 7 nitrogen and oxygen atoms in total. The van der Waals surface area contributed by atoms with Crippen LogP contribution in [0.25, 0.3) is 11.0 Å². The van der Waals surface area contributed by atoms with Gasteiger partial charge in [-0.3, -0.25) is 4.79 Å². The zero-order valence-corrected chi connectivity index (χ0v) is 18.8. The smallest absolute Gasteiger partial charge is 0.222 e. The molecule has 2 heterocycles. The first-order chi connectivity index (χ1) is 13.9. The molecule has 1 saturated carbocycles. The quantitative estimate of drug-likeness (QED) is 0.670. The molecular weight excluding hydrogens is 434 g/mol. The van der Waals surface area contributed by atoms with Crippen LogP contribution in [0.15, 0.2) is 21.2 Å². The average Bonchev–Trinajstić information content (AvgIpc) is 3.14. The Bertz CT molecular complexity index is 896. The summed E-state index contributed by atoms with van der Waals surface area (Å²) in [7, 11) is 5.77. The van der Waals surface area contributed by atoms with Gasteiger partial charge in [0.2, 0.25) is 11.7 Å². The number of fused-ring (bicyclic) bond motifs is 1. The van der Waals surface area contributed by atoms with Crippen molar-refractivity contribution < 1.29 is 9.21 Å². The second kappa shape index (κ2) is 9.59. The Hall–Kier alpha value is -2.11. The second-order valence-electron chi connectivity index (χ2n) is 7.94. The van der Waals surface area contributed by atoms with E-state index in [0.717, 1.165) is 54.3 Å². The molecule has 0 spiro atoms. The summed E-state index contributed by atoms with van der Waals surface area (Å²) in [5, 5.41) is 13.4. The number of furan rings is 1. The van der Waals surface area contributed by atoms with Gasteiger partial charge in [-0.05, 0) is 61.6 Å². The van der Waals surface area contributed by atoms with Crippen LogP contribution < -0.4 is 5.32 Å². The molecule has 0 radical (unpaired) electrons. The number of hydrogen-bond donors (Lipinski definition) is 1. The van der Waals surface area contributed by atoms with Crippen LogP contribution in [0.5, 0.6) is 0 Å². The van der Waals surface area contributed by atoms with E-state index >= 15 is 0 Å². The third-order valence-corrected chi connectivity index (χ3v) is 6.49. The molecule has 1 N–H and O–H groups in total. The molecule has 1 aliphatic carbocycles. The lowest BCUT2D eigenvalue weighted by atomic mass is 9.90. The Morgan fingerprint density at radius 2 is 2.07 bits per heavy atom. The number of halogens is 1. The minimum atomic E-state index is 0.195. The summed E-state index contributed by atoms with van der Waals surface area (Å²) >= 11 is 3.60. The highest BCUT2D eigenvalue weighted by Gasteiger charge is 2.25. The van der Waals surface area contributed by atoms with E-state index in [0.29, 0.717) is 24.1 Å². The van der Waals surface area contributed by atoms with Crippen molar-refractivity contribution in [2.24, 2.45) is 0 Å². The van der Waals surface area contributed by atoms with Gasteiger partial charge in [0.05, 0.1) is 10.7 Å². The van der Waals surface area contributed by atoms with Crippen LogP contribution >= 0.6 is 15.9 Å². The number of hydrogen-bond acceptors (Lipinski definition) is 6. The summed E-state index contributed by atoms with van der Waals surface area (Å²) in [6.45, 7) is 0.952. The molecule has 0 atom stereocenters. The van der Waals surface area contributed by atoms with Crippen molar-refractivity contribution in [1.29, 1.82) is 5.26 Å². The first-order valence-electron chi connectivity index (χ1n) is 10.0. The van der Waals surface area contributed by atoms with E-state index in [1.165, 1.54) is 0 Å². The fourth-order valence-electron chi connectivity index (χ4n) is 3.88. The Morgan fingerprint density at radius 3 is 2.72 bits per heavy atom. The number of carbonyl (C=O) groups is 1. The number of nitrogens with zero attached hydrogens (tertiary/aromatic N) is 4. The Labute approximate surface area is 180 Å². The van der Waals surface area contributed by atoms with Crippen LogP contribution in [-0.4, -0.2) is 60.5 Å². The van der Waals surface area contributed by atoms with E-state index in [1.807, 2.05) is 6.07 Å². The monoisotopic (exact) mass is 461 g/mol. The van der Waals surface area contributed by atoms with Gasteiger partial charge >= 0.3 is 0 Å². The van der Waals surface area contributed by atoms with Crippen LogP contribution in [0, 0.1) is 11.3 Å². The van der Waals surface area contributed by atoms with Gasteiger partial charge in [-0.1, -0.05) is 0 Å². The predicted octanol–water partition coefficient (Wildman–Crippen LogP) is 3.99. The highest BCUT2D eigenvalue weighted by molar-refractivity contribution is 9.10. The van der Waals surface area contributed by atoms with Crippen molar-refractivity contribution in [2.45, 2.75) is 50.6 Å². The summed E-state index contributed by atoms with van der Waals surface area (Å²) in [5.74, 6) is 1.28. The Balaban J connectivity index is 1.50. The van der Waals surface area contributed by atoms with Gasteiger partial charge in [0, 0.05) is 44.1 Å². The molecule has 0 aromatic carbocycles. The van der Waals surface area contributed by atoms with Crippen molar-refractivity contribution in [3.63, 3.8) is 0 Å². The molecule has 29 heavy (non-hydrogen) atoms. The average molecular weight is 462 g/mol. The number of nitrogens with one attached hydrogen (secondary N) is 1. The van der Waals surface area contributed by atoms with Crippen molar-refractivity contribution in [3.05, 3.63) is 22.5 Å². The fraction of sp³-hybridized carbons (Fsp3) is 0.571. The van der Waals surface area contributed by atoms with E-state index < -0.39 is 0 Å². The van der Waals surface area contributed by atoms with Gasteiger partial charge < -0.3 is 19.5 Å². The molecule has 0 saturated heterocycles. The third-order valence-electron chi connectivity index (χ3n) is 5.69. The molecule has 156 valence electrons. The first-order valence-corrected chi connectivity index (χ1v) is 10.8. The van der Waals surface area contributed by atoms with Gasteiger partial charge in [0.15, 0.2) is 5.58 Å². The lowest BCUT2D eigenvalue weighted by Gasteiger charge is -2.35. The van der Waals surface area contributed by atoms with Crippen LogP contribution in [0.4, 0.5) is 5.82 Å². The zero-order valence-electron chi connectivity index (χ0n) is 17.2. The third kappa shape index (κ3) is 5.28. The second-order valence-corrected chi connectivity index (χ2v) is 8.74. The number of aromatic nitrogens is 1. The minimum Gasteiger partial charge on any atom is -0.444 e. The predicted molar refractivity (Wildman–Crippen MR) is 117 cm³/mol. The van der Waals surface area contributed by atoms with Crippen LogP contribution in [0.2, 0.25) is 0 Å². The highest BCUT2D eigenvalue weighted by Crippen LogP contribution is 2.33. The van der Waals surface area contributed by atoms with Crippen LogP contribution in [0.3, 0.4) is 0 Å². The molecule has 2 aromatic rings. The highest BCUT2D eigenvalue weighted by atomic mass is 79.9. The van der Waals surface area contributed by atoms with E-state index in [2.05, 4.69) is 38.2 Å². The molecule has 0 unspecified atom stereocenters.